The minimum absolute atomic E-state index is 0.272. The van der Waals surface area contributed by atoms with E-state index in [1.807, 2.05) is 6.07 Å². The molecule has 2 heterocycles. The lowest BCUT2D eigenvalue weighted by Crippen LogP contribution is -2.35. The van der Waals surface area contributed by atoms with Crippen molar-refractivity contribution in [3.63, 3.8) is 0 Å². The van der Waals surface area contributed by atoms with Gasteiger partial charge in [-0.05, 0) is 25.1 Å². The number of hydrazine groups is 1. The molecule has 2 aromatic rings. The maximum Gasteiger partial charge on any atom is 0.273 e. The highest BCUT2D eigenvalue weighted by Gasteiger charge is 2.10. The molecule has 0 aromatic carbocycles. The van der Waals surface area contributed by atoms with Gasteiger partial charge in [0.1, 0.15) is 5.76 Å². The maximum atomic E-state index is 11.8. The van der Waals surface area contributed by atoms with Gasteiger partial charge in [0.25, 0.3) is 5.91 Å². The number of pyridine rings is 1. The van der Waals surface area contributed by atoms with Crippen molar-refractivity contribution in [2.75, 3.05) is 0 Å². The molecule has 0 spiro atoms. The van der Waals surface area contributed by atoms with E-state index < -0.39 is 0 Å². The number of nitrogens with one attached hydrogen (secondary N) is 2. The number of carbonyl (C=O) groups is 1. The Kier molecular flexibility index (Phi) is 3.43. The van der Waals surface area contributed by atoms with Crippen LogP contribution in [0.5, 0.6) is 0 Å². The van der Waals surface area contributed by atoms with Crippen LogP contribution in [0, 0.1) is 6.92 Å². The zero-order valence-electron chi connectivity index (χ0n) is 9.93. The van der Waals surface area contributed by atoms with E-state index >= 15 is 0 Å². The molecule has 0 aliphatic rings. The zero-order chi connectivity index (χ0) is 13.0. The molecule has 0 aliphatic heterocycles. The third kappa shape index (κ3) is 2.57. The monoisotopic (exact) mass is 243 g/mol. The van der Waals surface area contributed by atoms with Crippen LogP contribution in [0.15, 0.2) is 47.9 Å². The predicted octanol–water partition coefficient (Wildman–Crippen LogP) is 1.89. The molecule has 2 aromatic heterocycles. The maximum absolute atomic E-state index is 11.8. The second-order valence-electron chi connectivity index (χ2n) is 3.69. The average molecular weight is 243 g/mol. The molecular weight excluding hydrogens is 230 g/mol. The normalized spacial score (nSPS) is 9.83. The van der Waals surface area contributed by atoms with Gasteiger partial charge >= 0.3 is 0 Å². The summed E-state index contributed by atoms with van der Waals surface area (Å²) in [5.41, 5.74) is 7.15. The van der Waals surface area contributed by atoms with Gasteiger partial charge in [0, 0.05) is 18.0 Å². The average Bonchev–Trinajstić information content (AvgIpc) is 2.83. The van der Waals surface area contributed by atoms with Crippen LogP contribution in [-0.2, 0) is 0 Å². The topological polar surface area (TPSA) is 67.2 Å². The quantitative estimate of drug-likeness (QED) is 0.805. The highest BCUT2D eigenvalue weighted by molar-refractivity contribution is 5.95. The lowest BCUT2D eigenvalue weighted by molar-refractivity contribution is 0.0941. The second-order valence-corrected chi connectivity index (χ2v) is 3.69. The molecule has 0 bridgehead atoms. The van der Waals surface area contributed by atoms with E-state index in [1.165, 1.54) is 6.26 Å². The number of furan rings is 1. The molecule has 5 nitrogen and oxygen atoms in total. The second kappa shape index (κ2) is 5.18. The standard InChI is InChI=1S/C13H13N3O2/c1-9(11-4-3-6-14-8-11)15-16-13(17)12-5-7-18-10(12)2/h3-8,15H,1H2,2H3,(H,16,17). The fraction of sp³-hybridized carbons (Fsp3) is 0.0769. The third-order valence-electron chi connectivity index (χ3n) is 2.44. The molecule has 18 heavy (non-hydrogen) atoms. The van der Waals surface area contributed by atoms with E-state index in [9.17, 15) is 4.79 Å². The van der Waals surface area contributed by atoms with Crippen molar-refractivity contribution in [1.82, 2.24) is 15.8 Å². The summed E-state index contributed by atoms with van der Waals surface area (Å²) >= 11 is 0. The summed E-state index contributed by atoms with van der Waals surface area (Å²) in [5.74, 6) is 0.299. The van der Waals surface area contributed by atoms with E-state index in [1.54, 1.807) is 31.5 Å². The Labute approximate surface area is 105 Å². The summed E-state index contributed by atoms with van der Waals surface area (Å²) in [5, 5.41) is 0. The minimum atomic E-state index is -0.272. The van der Waals surface area contributed by atoms with Crippen LogP contribution >= 0.6 is 0 Å². The van der Waals surface area contributed by atoms with Gasteiger partial charge in [-0.15, -0.1) is 0 Å². The summed E-state index contributed by atoms with van der Waals surface area (Å²) < 4.78 is 5.06. The number of aromatic nitrogens is 1. The van der Waals surface area contributed by atoms with Crippen molar-refractivity contribution in [3.8, 4) is 0 Å². The molecule has 0 saturated carbocycles. The van der Waals surface area contributed by atoms with Crippen LogP contribution in [0.4, 0.5) is 0 Å². The van der Waals surface area contributed by atoms with E-state index in [0.717, 1.165) is 5.56 Å². The summed E-state index contributed by atoms with van der Waals surface area (Å²) in [6, 6.07) is 5.25. The summed E-state index contributed by atoms with van der Waals surface area (Å²) in [7, 11) is 0. The first kappa shape index (κ1) is 11.9. The van der Waals surface area contributed by atoms with Crippen molar-refractivity contribution in [2.45, 2.75) is 6.92 Å². The summed E-state index contributed by atoms with van der Waals surface area (Å²) in [6.45, 7) is 5.54. The SMILES string of the molecule is C=C(NNC(=O)c1ccoc1C)c1cccnc1. The van der Waals surface area contributed by atoms with Gasteiger partial charge in [0.15, 0.2) is 0 Å². The Morgan fingerprint density at radius 3 is 2.83 bits per heavy atom. The van der Waals surface area contributed by atoms with Crippen LogP contribution < -0.4 is 10.9 Å². The van der Waals surface area contributed by atoms with Gasteiger partial charge in [-0.3, -0.25) is 20.6 Å². The smallest absolute Gasteiger partial charge is 0.273 e. The molecular formula is C13H13N3O2. The Bertz CT molecular complexity index is 561. The Balaban J connectivity index is 1.95. The summed E-state index contributed by atoms with van der Waals surface area (Å²) in [6.07, 6.45) is 4.80. The lowest BCUT2D eigenvalue weighted by atomic mass is 10.2. The van der Waals surface area contributed by atoms with Crippen LogP contribution in [0.2, 0.25) is 0 Å². The predicted molar refractivity (Wildman–Crippen MR) is 67.3 cm³/mol. The number of rotatable bonds is 4. The van der Waals surface area contributed by atoms with Gasteiger partial charge in [0.2, 0.25) is 0 Å². The van der Waals surface area contributed by atoms with Crippen molar-refractivity contribution in [1.29, 1.82) is 0 Å². The van der Waals surface area contributed by atoms with Crippen molar-refractivity contribution in [3.05, 3.63) is 60.3 Å². The fourth-order valence-electron chi connectivity index (χ4n) is 1.43. The highest BCUT2D eigenvalue weighted by atomic mass is 16.3. The van der Waals surface area contributed by atoms with Crippen molar-refractivity contribution in [2.24, 2.45) is 0 Å². The van der Waals surface area contributed by atoms with E-state index in [4.69, 9.17) is 4.42 Å². The molecule has 0 radical (unpaired) electrons. The van der Waals surface area contributed by atoms with Gasteiger partial charge in [-0.2, -0.15) is 0 Å². The molecule has 2 rings (SSSR count). The van der Waals surface area contributed by atoms with E-state index in [-0.39, 0.29) is 5.91 Å². The van der Waals surface area contributed by atoms with E-state index in [2.05, 4.69) is 22.4 Å². The van der Waals surface area contributed by atoms with Gasteiger partial charge in [-0.25, -0.2) is 0 Å². The Hall–Kier alpha value is -2.56. The van der Waals surface area contributed by atoms with Crippen molar-refractivity contribution >= 4 is 11.6 Å². The van der Waals surface area contributed by atoms with E-state index in [0.29, 0.717) is 17.0 Å². The number of hydrogen-bond acceptors (Lipinski definition) is 4. The van der Waals surface area contributed by atoms with Crippen LogP contribution in [0.1, 0.15) is 21.7 Å². The zero-order valence-corrected chi connectivity index (χ0v) is 9.93. The first-order valence-electron chi connectivity index (χ1n) is 5.38. The molecule has 1 amide bonds. The van der Waals surface area contributed by atoms with Gasteiger partial charge < -0.3 is 4.42 Å². The van der Waals surface area contributed by atoms with Crippen molar-refractivity contribution < 1.29 is 9.21 Å². The molecule has 0 atom stereocenters. The fourth-order valence-corrected chi connectivity index (χ4v) is 1.43. The lowest BCUT2D eigenvalue weighted by Gasteiger charge is -2.10. The third-order valence-corrected chi connectivity index (χ3v) is 2.44. The highest BCUT2D eigenvalue weighted by Crippen LogP contribution is 2.09. The molecule has 5 heteroatoms. The number of nitrogens with zero attached hydrogens (tertiary/aromatic N) is 1. The first-order chi connectivity index (χ1) is 8.68. The van der Waals surface area contributed by atoms with Gasteiger partial charge in [-0.1, -0.05) is 6.58 Å². The first-order valence-corrected chi connectivity index (χ1v) is 5.38. The number of hydrogen-bond donors (Lipinski definition) is 2. The van der Waals surface area contributed by atoms with Gasteiger partial charge in [0.05, 0.1) is 17.5 Å². The largest absolute Gasteiger partial charge is 0.469 e. The Morgan fingerprint density at radius 2 is 2.22 bits per heavy atom. The van der Waals surface area contributed by atoms with Crippen LogP contribution in [0.25, 0.3) is 5.70 Å². The van der Waals surface area contributed by atoms with Crippen LogP contribution in [-0.4, -0.2) is 10.9 Å². The number of carbonyl (C=O) groups excluding carboxylic acids is 1. The summed E-state index contributed by atoms with van der Waals surface area (Å²) in [4.78, 5) is 15.7. The molecule has 0 aliphatic carbocycles. The molecule has 2 N–H and O–H groups in total. The molecule has 0 unspecified atom stereocenters. The van der Waals surface area contributed by atoms with Crippen LogP contribution in [0.3, 0.4) is 0 Å². The Morgan fingerprint density at radius 1 is 1.39 bits per heavy atom. The molecule has 0 fully saturated rings. The molecule has 92 valence electrons. The molecule has 0 saturated heterocycles. The minimum Gasteiger partial charge on any atom is -0.469 e. The number of aryl methyl sites for hydroxylation is 1. The number of amides is 1.